The molecule has 1 saturated heterocycles. The molecule has 1 fully saturated rings. The van der Waals surface area contributed by atoms with Crippen molar-refractivity contribution in [3.8, 4) is 5.75 Å². The molecule has 0 saturated carbocycles. The first-order chi connectivity index (χ1) is 15.9. The summed E-state index contributed by atoms with van der Waals surface area (Å²) in [6.07, 6.45) is 6.13. The van der Waals surface area contributed by atoms with Crippen LogP contribution in [-0.2, 0) is 19.1 Å². The lowest BCUT2D eigenvalue weighted by Crippen LogP contribution is -2.46. The largest absolute Gasteiger partial charge is 0.495 e. The Morgan fingerprint density at radius 1 is 0.939 bits per heavy atom. The van der Waals surface area contributed by atoms with Gasteiger partial charge in [-0.05, 0) is 38.4 Å². The van der Waals surface area contributed by atoms with E-state index in [9.17, 15) is 14.4 Å². The standard InChI is InChI=1S/C20H32N2O3.C4H4O4/c1-3-25-20(23)12-6-4-5-9-13-21-14-16-22(17-15-21)18-10-7-8-11-19(18)24-2;5-3(6)1-2-4(7)8/h7-8,10-11H,3-6,9,12-17H2,1-2H3;1-2H,(H,5,6)(H,7,8)/b;2-1+. The van der Waals surface area contributed by atoms with Crippen molar-refractivity contribution in [3.63, 3.8) is 0 Å². The van der Waals surface area contributed by atoms with Gasteiger partial charge in [-0.1, -0.05) is 25.0 Å². The van der Waals surface area contributed by atoms with Crippen LogP contribution in [0.15, 0.2) is 36.4 Å². The summed E-state index contributed by atoms with van der Waals surface area (Å²) in [4.78, 5) is 35.3. The fourth-order valence-corrected chi connectivity index (χ4v) is 3.44. The lowest BCUT2D eigenvalue weighted by molar-refractivity contribution is -0.143. The van der Waals surface area contributed by atoms with Crippen LogP contribution in [0, 0.1) is 0 Å². The molecule has 1 aliphatic heterocycles. The Kier molecular flexibility index (Phi) is 14.0. The number of methoxy groups -OCH3 is 1. The van der Waals surface area contributed by atoms with E-state index in [0.29, 0.717) is 25.2 Å². The third kappa shape index (κ3) is 12.5. The highest BCUT2D eigenvalue weighted by Gasteiger charge is 2.18. The fraction of sp³-hybridized carbons (Fsp3) is 0.542. The van der Waals surface area contributed by atoms with E-state index in [4.69, 9.17) is 19.7 Å². The molecule has 1 aromatic rings. The second kappa shape index (κ2) is 16.5. The molecule has 184 valence electrons. The molecular formula is C24H36N2O7. The third-order valence-corrected chi connectivity index (χ3v) is 5.08. The quantitative estimate of drug-likeness (QED) is 0.273. The molecule has 9 nitrogen and oxygen atoms in total. The van der Waals surface area contributed by atoms with Gasteiger partial charge >= 0.3 is 17.9 Å². The first-order valence-electron chi connectivity index (χ1n) is 11.3. The molecule has 0 aliphatic carbocycles. The summed E-state index contributed by atoms with van der Waals surface area (Å²) in [5, 5.41) is 15.6. The lowest BCUT2D eigenvalue weighted by Gasteiger charge is -2.36. The highest BCUT2D eigenvalue weighted by Crippen LogP contribution is 2.28. The van der Waals surface area contributed by atoms with Gasteiger partial charge in [-0.3, -0.25) is 9.69 Å². The van der Waals surface area contributed by atoms with Gasteiger partial charge in [-0.15, -0.1) is 0 Å². The van der Waals surface area contributed by atoms with E-state index in [1.807, 2.05) is 19.1 Å². The maximum atomic E-state index is 11.3. The van der Waals surface area contributed by atoms with E-state index in [1.54, 1.807) is 7.11 Å². The zero-order valence-electron chi connectivity index (χ0n) is 19.6. The van der Waals surface area contributed by atoms with E-state index in [0.717, 1.165) is 51.3 Å². The Labute approximate surface area is 195 Å². The minimum absolute atomic E-state index is 0.0602. The number of aliphatic carboxylic acids is 2. The predicted molar refractivity (Wildman–Crippen MR) is 126 cm³/mol. The van der Waals surface area contributed by atoms with Crippen LogP contribution in [-0.4, -0.2) is 79.5 Å². The molecule has 0 bridgehead atoms. The van der Waals surface area contributed by atoms with Gasteiger partial charge in [0.15, 0.2) is 0 Å². The average Bonchev–Trinajstić information content (AvgIpc) is 2.81. The summed E-state index contributed by atoms with van der Waals surface area (Å²) >= 11 is 0. The van der Waals surface area contributed by atoms with Gasteiger partial charge in [0.2, 0.25) is 0 Å². The number of hydrogen-bond acceptors (Lipinski definition) is 7. The lowest BCUT2D eigenvalue weighted by atomic mass is 10.1. The highest BCUT2D eigenvalue weighted by atomic mass is 16.5. The molecule has 0 radical (unpaired) electrons. The number of rotatable bonds is 12. The minimum Gasteiger partial charge on any atom is -0.495 e. The summed E-state index contributed by atoms with van der Waals surface area (Å²) < 4.78 is 10.4. The normalized spacial score (nSPS) is 13.8. The van der Waals surface area contributed by atoms with Crippen LogP contribution in [0.4, 0.5) is 5.69 Å². The number of carboxylic acid groups (broad SMARTS) is 2. The highest BCUT2D eigenvalue weighted by molar-refractivity contribution is 5.89. The molecule has 0 amide bonds. The Morgan fingerprint density at radius 3 is 2.12 bits per heavy atom. The first kappa shape index (κ1) is 28.0. The number of ether oxygens (including phenoxy) is 2. The molecule has 1 heterocycles. The Balaban J connectivity index is 0.000000582. The number of anilines is 1. The molecular weight excluding hydrogens is 428 g/mol. The van der Waals surface area contributed by atoms with Crippen molar-refractivity contribution < 1.29 is 34.1 Å². The smallest absolute Gasteiger partial charge is 0.328 e. The van der Waals surface area contributed by atoms with Crippen molar-refractivity contribution in [3.05, 3.63) is 36.4 Å². The number of unbranched alkanes of at least 4 members (excludes halogenated alkanes) is 3. The Bertz CT molecular complexity index is 743. The number of carboxylic acids is 2. The number of carbonyl (C=O) groups excluding carboxylic acids is 1. The SMILES string of the molecule is CCOC(=O)CCCCCCN1CCN(c2ccccc2OC)CC1.O=C(O)/C=C/C(=O)O. The van der Waals surface area contributed by atoms with Crippen LogP contribution in [0.2, 0.25) is 0 Å². The van der Waals surface area contributed by atoms with E-state index in [1.165, 1.54) is 18.5 Å². The van der Waals surface area contributed by atoms with Gasteiger partial charge in [0.05, 0.1) is 19.4 Å². The van der Waals surface area contributed by atoms with Gasteiger partial charge < -0.3 is 24.6 Å². The van der Waals surface area contributed by atoms with Crippen LogP contribution in [0.25, 0.3) is 0 Å². The monoisotopic (exact) mass is 464 g/mol. The van der Waals surface area contributed by atoms with Crippen molar-refractivity contribution >= 4 is 23.6 Å². The molecule has 1 aromatic carbocycles. The summed E-state index contributed by atoms with van der Waals surface area (Å²) in [6.45, 7) is 7.78. The van der Waals surface area contributed by atoms with Crippen molar-refractivity contribution in [2.24, 2.45) is 0 Å². The minimum atomic E-state index is -1.26. The Hall–Kier alpha value is -3.07. The second-order valence-electron chi connectivity index (χ2n) is 7.48. The average molecular weight is 465 g/mol. The Morgan fingerprint density at radius 2 is 1.55 bits per heavy atom. The third-order valence-electron chi connectivity index (χ3n) is 5.08. The number of esters is 1. The van der Waals surface area contributed by atoms with Crippen molar-refractivity contribution in [1.29, 1.82) is 0 Å². The second-order valence-corrected chi connectivity index (χ2v) is 7.48. The molecule has 33 heavy (non-hydrogen) atoms. The van der Waals surface area contributed by atoms with E-state index < -0.39 is 11.9 Å². The maximum Gasteiger partial charge on any atom is 0.328 e. The molecule has 9 heteroatoms. The van der Waals surface area contributed by atoms with Crippen LogP contribution < -0.4 is 9.64 Å². The number of piperazine rings is 1. The van der Waals surface area contributed by atoms with E-state index >= 15 is 0 Å². The van der Waals surface area contributed by atoms with Crippen LogP contribution in [0.5, 0.6) is 5.75 Å². The molecule has 1 aliphatic rings. The van der Waals surface area contributed by atoms with Crippen LogP contribution >= 0.6 is 0 Å². The molecule has 0 spiro atoms. The summed E-state index contributed by atoms with van der Waals surface area (Å²) in [6, 6.07) is 8.25. The fourth-order valence-electron chi connectivity index (χ4n) is 3.44. The number of para-hydroxylation sites is 2. The van der Waals surface area contributed by atoms with Crippen molar-refractivity contribution in [2.45, 2.75) is 39.0 Å². The molecule has 0 unspecified atom stereocenters. The number of benzene rings is 1. The van der Waals surface area contributed by atoms with Gasteiger partial charge in [0.1, 0.15) is 5.75 Å². The van der Waals surface area contributed by atoms with Gasteiger partial charge in [0.25, 0.3) is 0 Å². The van der Waals surface area contributed by atoms with Gasteiger partial charge in [-0.2, -0.15) is 0 Å². The number of nitrogens with zero attached hydrogens (tertiary/aromatic N) is 2. The zero-order chi connectivity index (χ0) is 24.5. The molecule has 0 aromatic heterocycles. The van der Waals surface area contributed by atoms with Crippen molar-refractivity contribution in [1.82, 2.24) is 4.90 Å². The van der Waals surface area contributed by atoms with Crippen LogP contribution in [0.3, 0.4) is 0 Å². The molecule has 2 N–H and O–H groups in total. The summed E-state index contributed by atoms with van der Waals surface area (Å²) in [5.41, 5.74) is 1.20. The number of carbonyl (C=O) groups is 3. The van der Waals surface area contributed by atoms with E-state index in [2.05, 4.69) is 21.9 Å². The van der Waals surface area contributed by atoms with Crippen molar-refractivity contribution in [2.75, 3.05) is 51.3 Å². The van der Waals surface area contributed by atoms with Gasteiger partial charge in [-0.25, -0.2) is 9.59 Å². The van der Waals surface area contributed by atoms with Gasteiger partial charge in [0, 0.05) is 44.8 Å². The zero-order valence-corrected chi connectivity index (χ0v) is 19.6. The molecule has 0 atom stereocenters. The first-order valence-corrected chi connectivity index (χ1v) is 11.3. The van der Waals surface area contributed by atoms with Crippen LogP contribution in [0.1, 0.15) is 39.0 Å². The van der Waals surface area contributed by atoms with E-state index in [-0.39, 0.29) is 5.97 Å². The maximum absolute atomic E-state index is 11.3. The predicted octanol–water partition coefficient (Wildman–Crippen LogP) is 3.04. The topological polar surface area (TPSA) is 117 Å². The summed E-state index contributed by atoms with van der Waals surface area (Å²) in [5.74, 6) is -1.62. The number of hydrogen-bond donors (Lipinski definition) is 2. The molecule has 2 rings (SSSR count). The summed E-state index contributed by atoms with van der Waals surface area (Å²) in [7, 11) is 1.73.